The van der Waals surface area contributed by atoms with E-state index in [9.17, 15) is 14.7 Å². The Morgan fingerprint density at radius 1 is 1.41 bits per heavy atom. The largest absolute Gasteiger partial charge is 0.480 e. The van der Waals surface area contributed by atoms with E-state index in [2.05, 4.69) is 0 Å². The van der Waals surface area contributed by atoms with Crippen molar-refractivity contribution in [2.45, 2.75) is 12.8 Å². The highest BCUT2D eigenvalue weighted by Gasteiger charge is 2.51. The molecule has 1 aliphatic heterocycles. The van der Waals surface area contributed by atoms with Gasteiger partial charge >= 0.3 is 5.97 Å². The quantitative estimate of drug-likeness (QED) is 0.797. The second-order valence-corrected chi connectivity index (χ2v) is 4.53. The van der Waals surface area contributed by atoms with E-state index in [0.29, 0.717) is 13.0 Å². The van der Waals surface area contributed by atoms with Crippen molar-refractivity contribution >= 4 is 11.9 Å². The SMILES string of the molecule is CN1CCC(Cc2ccccc2)(C(=O)O)C1=O. The summed E-state index contributed by atoms with van der Waals surface area (Å²) in [6.45, 7) is 0.512. The molecule has 0 aliphatic carbocycles. The first-order chi connectivity index (χ1) is 8.06. The molecule has 1 unspecified atom stereocenters. The van der Waals surface area contributed by atoms with E-state index < -0.39 is 11.4 Å². The maximum atomic E-state index is 12.0. The summed E-state index contributed by atoms with van der Waals surface area (Å²) >= 11 is 0. The predicted octanol–water partition coefficient (Wildman–Crippen LogP) is 1.16. The number of carbonyl (C=O) groups excluding carboxylic acids is 1. The number of carbonyl (C=O) groups is 2. The third kappa shape index (κ3) is 1.90. The summed E-state index contributed by atoms with van der Waals surface area (Å²) in [7, 11) is 1.65. The van der Waals surface area contributed by atoms with Gasteiger partial charge in [0.15, 0.2) is 5.41 Å². The topological polar surface area (TPSA) is 57.6 Å². The summed E-state index contributed by atoms with van der Waals surface area (Å²) in [6, 6.07) is 9.30. The van der Waals surface area contributed by atoms with Crippen molar-refractivity contribution < 1.29 is 14.7 Å². The van der Waals surface area contributed by atoms with Crippen LogP contribution in [0.4, 0.5) is 0 Å². The molecule has 1 aliphatic rings. The first-order valence-electron chi connectivity index (χ1n) is 5.59. The summed E-state index contributed by atoms with van der Waals surface area (Å²) < 4.78 is 0. The van der Waals surface area contributed by atoms with Crippen molar-refractivity contribution in [1.29, 1.82) is 0 Å². The molecule has 1 heterocycles. The lowest BCUT2D eigenvalue weighted by atomic mass is 9.80. The summed E-state index contributed by atoms with van der Waals surface area (Å²) in [5.74, 6) is -1.30. The van der Waals surface area contributed by atoms with Crippen LogP contribution in [-0.4, -0.2) is 35.5 Å². The fraction of sp³-hybridized carbons (Fsp3) is 0.385. The van der Waals surface area contributed by atoms with Crippen molar-refractivity contribution in [1.82, 2.24) is 4.90 Å². The van der Waals surface area contributed by atoms with Crippen LogP contribution in [0.3, 0.4) is 0 Å². The highest BCUT2D eigenvalue weighted by molar-refractivity contribution is 6.03. The number of carboxylic acid groups (broad SMARTS) is 1. The smallest absolute Gasteiger partial charge is 0.319 e. The van der Waals surface area contributed by atoms with Gasteiger partial charge in [0.05, 0.1) is 0 Å². The zero-order chi connectivity index (χ0) is 12.5. The van der Waals surface area contributed by atoms with Gasteiger partial charge in [-0.1, -0.05) is 30.3 Å². The number of benzene rings is 1. The van der Waals surface area contributed by atoms with E-state index in [0.717, 1.165) is 5.56 Å². The molecule has 4 nitrogen and oxygen atoms in total. The van der Waals surface area contributed by atoms with Crippen LogP contribution in [0.25, 0.3) is 0 Å². The van der Waals surface area contributed by atoms with Crippen LogP contribution in [-0.2, 0) is 16.0 Å². The first kappa shape index (κ1) is 11.6. The molecule has 0 saturated carbocycles. The van der Waals surface area contributed by atoms with Gasteiger partial charge in [-0.05, 0) is 18.4 Å². The Kier molecular flexibility index (Phi) is 2.88. The van der Waals surface area contributed by atoms with Crippen molar-refractivity contribution in [3.8, 4) is 0 Å². The normalized spacial score (nSPS) is 24.1. The van der Waals surface area contributed by atoms with Crippen molar-refractivity contribution in [2.24, 2.45) is 5.41 Å². The Balaban J connectivity index is 2.31. The number of rotatable bonds is 3. The Morgan fingerprint density at radius 3 is 2.53 bits per heavy atom. The van der Waals surface area contributed by atoms with Crippen LogP contribution in [0.15, 0.2) is 30.3 Å². The molecule has 0 bridgehead atoms. The van der Waals surface area contributed by atoms with Crippen LogP contribution in [0.5, 0.6) is 0 Å². The molecule has 90 valence electrons. The molecule has 0 radical (unpaired) electrons. The van der Waals surface area contributed by atoms with Crippen molar-refractivity contribution in [3.63, 3.8) is 0 Å². The Hall–Kier alpha value is -1.84. The monoisotopic (exact) mass is 233 g/mol. The van der Waals surface area contributed by atoms with E-state index in [-0.39, 0.29) is 12.3 Å². The van der Waals surface area contributed by atoms with E-state index in [4.69, 9.17) is 0 Å². The molecule has 2 rings (SSSR count). The van der Waals surface area contributed by atoms with Gasteiger partial charge in [-0.3, -0.25) is 9.59 Å². The molecule has 1 aromatic carbocycles. The number of nitrogens with zero attached hydrogens (tertiary/aromatic N) is 1. The predicted molar refractivity (Wildman–Crippen MR) is 62.5 cm³/mol. The van der Waals surface area contributed by atoms with Gasteiger partial charge in [-0.2, -0.15) is 0 Å². The molecule has 1 fully saturated rings. The average molecular weight is 233 g/mol. The lowest BCUT2D eigenvalue weighted by molar-refractivity contribution is -0.155. The minimum atomic E-state index is -1.27. The highest BCUT2D eigenvalue weighted by Crippen LogP contribution is 2.35. The second kappa shape index (κ2) is 4.20. The number of aliphatic carboxylic acids is 1. The Labute approximate surface area is 99.9 Å². The summed E-state index contributed by atoms with van der Waals surface area (Å²) in [4.78, 5) is 25.0. The molecule has 0 aromatic heterocycles. The second-order valence-electron chi connectivity index (χ2n) is 4.53. The molecule has 1 saturated heterocycles. The van der Waals surface area contributed by atoms with Crippen LogP contribution in [0.2, 0.25) is 0 Å². The zero-order valence-electron chi connectivity index (χ0n) is 9.72. The molecular formula is C13H15NO3. The maximum Gasteiger partial charge on any atom is 0.319 e. The molecule has 17 heavy (non-hydrogen) atoms. The molecule has 1 atom stereocenters. The summed E-state index contributed by atoms with van der Waals surface area (Å²) in [5, 5.41) is 9.37. The van der Waals surface area contributed by atoms with Crippen LogP contribution in [0, 0.1) is 5.41 Å². The van der Waals surface area contributed by atoms with Gasteiger partial charge in [0, 0.05) is 13.6 Å². The van der Waals surface area contributed by atoms with Gasteiger partial charge in [0.2, 0.25) is 5.91 Å². The first-order valence-corrected chi connectivity index (χ1v) is 5.59. The number of likely N-dealkylation sites (tertiary alicyclic amines) is 1. The van der Waals surface area contributed by atoms with E-state index in [1.807, 2.05) is 30.3 Å². The lowest BCUT2D eigenvalue weighted by Gasteiger charge is -2.22. The van der Waals surface area contributed by atoms with Gasteiger partial charge in [0.1, 0.15) is 0 Å². The van der Waals surface area contributed by atoms with E-state index in [1.54, 1.807) is 7.05 Å². The third-order valence-electron chi connectivity index (χ3n) is 3.39. The van der Waals surface area contributed by atoms with Gasteiger partial charge in [-0.25, -0.2) is 0 Å². The van der Waals surface area contributed by atoms with E-state index in [1.165, 1.54) is 4.90 Å². The Bertz CT molecular complexity index is 443. The lowest BCUT2D eigenvalue weighted by Crippen LogP contribution is -2.41. The van der Waals surface area contributed by atoms with Gasteiger partial charge in [0.25, 0.3) is 0 Å². The molecule has 1 N–H and O–H groups in total. The van der Waals surface area contributed by atoms with Gasteiger partial charge in [-0.15, -0.1) is 0 Å². The standard InChI is InChI=1S/C13H15NO3/c1-14-8-7-13(11(14)15,12(16)17)9-10-5-3-2-4-6-10/h2-6H,7-9H2,1H3,(H,16,17). The van der Waals surface area contributed by atoms with Crippen molar-refractivity contribution in [2.75, 3.05) is 13.6 Å². The number of hydrogen-bond acceptors (Lipinski definition) is 2. The minimum Gasteiger partial charge on any atom is -0.480 e. The fourth-order valence-corrected chi connectivity index (χ4v) is 2.31. The molecule has 4 heteroatoms. The number of carboxylic acids is 1. The average Bonchev–Trinajstić information content (AvgIpc) is 2.60. The van der Waals surface area contributed by atoms with E-state index >= 15 is 0 Å². The molecule has 1 aromatic rings. The van der Waals surface area contributed by atoms with Crippen LogP contribution < -0.4 is 0 Å². The number of hydrogen-bond donors (Lipinski definition) is 1. The molecule has 1 amide bonds. The fourth-order valence-electron chi connectivity index (χ4n) is 2.31. The van der Waals surface area contributed by atoms with Crippen LogP contribution >= 0.6 is 0 Å². The molecular weight excluding hydrogens is 218 g/mol. The highest BCUT2D eigenvalue weighted by atomic mass is 16.4. The maximum absolute atomic E-state index is 12.0. The number of amides is 1. The summed E-state index contributed by atoms with van der Waals surface area (Å²) in [5.41, 5.74) is -0.380. The molecule has 0 spiro atoms. The van der Waals surface area contributed by atoms with Gasteiger partial charge < -0.3 is 10.0 Å². The minimum absolute atomic E-state index is 0.270. The van der Waals surface area contributed by atoms with Crippen molar-refractivity contribution in [3.05, 3.63) is 35.9 Å². The van der Waals surface area contributed by atoms with Crippen LogP contribution in [0.1, 0.15) is 12.0 Å². The third-order valence-corrected chi connectivity index (χ3v) is 3.39. The zero-order valence-corrected chi connectivity index (χ0v) is 9.72. The Morgan fingerprint density at radius 2 is 2.06 bits per heavy atom. The summed E-state index contributed by atoms with van der Waals surface area (Å²) in [6.07, 6.45) is 0.652.